The van der Waals surface area contributed by atoms with Crippen LogP contribution in [0.3, 0.4) is 0 Å². The number of carbonyl (C=O) groups excluding carboxylic acids is 2. The lowest BCUT2D eigenvalue weighted by Gasteiger charge is -2.08. The van der Waals surface area contributed by atoms with E-state index < -0.39 is 5.97 Å². The van der Waals surface area contributed by atoms with Crippen LogP contribution < -0.4 is 5.32 Å². The van der Waals surface area contributed by atoms with Crippen LogP contribution in [-0.2, 0) is 11.3 Å². The molecule has 0 saturated carbocycles. The summed E-state index contributed by atoms with van der Waals surface area (Å²) >= 11 is 5.87. The van der Waals surface area contributed by atoms with Crippen molar-refractivity contribution in [3.8, 4) is 0 Å². The Bertz CT molecular complexity index is 912. The van der Waals surface area contributed by atoms with E-state index >= 15 is 0 Å². The Morgan fingerprint density at radius 3 is 2.38 bits per heavy atom. The second kappa shape index (κ2) is 8.27. The highest BCUT2D eigenvalue weighted by Gasteiger charge is 2.12. The van der Waals surface area contributed by atoms with Crippen LogP contribution in [-0.4, -0.2) is 16.9 Å². The number of amides is 1. The Morgan fingerprint density at radius 2 is 1.69 bits per heavy atom. The molecule has 0 atom stereocenters. The average Bonchev–Trinajstić information content (AvgIpc) is 2.67. The lowest BCUT2D eigenvalue weighted by molar-refractivity contribution is 0.0472. The maximum Gasteiger partial charge on any atom is 0.341 e. The van der Waals surface area contributed by atoms with Crippen LogP contribution in [0.1, 0.15) is 26.3 Å². The number of hydrogen-bond acceptors (Lipinski definition) is 4. The zero-order valence-electron chi connectivity index (χ0n) is 13.7. The Kier molecular flexibility index (Phi) is 5.61. The maximum atomic E-state index is 12.2. The molecule has 0 spiro atoms. The number of carbonyl (C=O) groups is 2. The smallest absolute Gasteiger partial charge is 0.341 e. The monoisotopic (exact) mass is 366 g/mol. The SMILES string of the molecule is O=C(Nc1ccccc1)c1ccc(COC(=O)c2cccnc2Cl)cc1. The van der Waals surface area contributed by atoms with Gasteiger partial charge in [-0.05, 0) is 42.0 Å². The van der Waals surface area contributed by atoms with E-state index in [0.29, 0.717) is 5.56 Å². The number of para-hydroxylation sites is 1. The van der Waals surface area contributed by atoms with E-state index in [1.165, 1.54) is 6.20 Å². The molecule has 0 bridgehead atoms. The van der Waals surface area contributed by atoms with Crippen molar-refractivity contribution in [1.29, 1.82) is 0 Å². The van der Waals surface area contributed by atoms with Gasteiger partial charge in [0.05, 0.1) is 5.56 Å². The van der Waals surface area contributed by atoms with E-state index in [4.69, 9.17) is 16.3 Å². The number of aromatic nitrogens is 1. The first kappa shape index (κ1) is 17.6. The molecule has 3 rings (SSSR count). The normalized spacial score (nSPS) is 10.2. The molecule has 6 heteroatoms. The molecule has 130 valence electrons. The van der Waals surface area contributed by atoms with Crippen LogP contribution in [0.5, 0.6) is 0 Å². The maximum absolute atomic E-state index is 12.2. The standard InChI is InChI=1S/C20H15ClN2O3/c21-18-17(7-4-12-22-18)20(25)26-13-14-8-10-15(11-9-14)19(24)23-16-5-2-1-3-6-16/h1-12H,13H2,(H,23,24). The zero-order valence-corrected chi connectivity index (χ0v) is 14.4. The van der Waals surface area contributed by atoms with Crippen molar-refractivity contribution in [2.75, 3.05) is 5.32 Å². The number of pyridine rings is 1. The van der Waals surface area contributed by atoms with Gasteiger partial charge in [-0.25, -0.2) is 9.78 Å². The van der Waals surface area contributed by atoms with Crippen molar-refractivity contribution in [2.45, 2.75) is 6.61 Å². The van der Waals surface area contributed by atoms with Crippen LogP contribution in [0.15, 0.2) is 72.9 Å². The third-order valence-corrected chi connectivity index (χ3v) is 3.90. The molecule has 3 aromatic rings. The van der Waals surface area contributed by atoms with E-state index in [0.717, 1.165) is 11.3 Å². The molecule has 0 radical (unpaired) electrons. The zero-order chi connectivity index (χ0) is 18.4. The van der Waals surface area contributed by atoms with Gasteiger partial charge in [0.2, 0.25) is 0 Å². The molecule has 1 N–H and O–H groups in total. The van der Waals surface area contributed by atoms with E-state index in [1.54, 1.807) is 36.4 Å². The van der Waals surface area contributed by atoms with Gasteiger partial charge in [-0.3, -0.25) is 4.79 Å². The Labute approximate surface area is 155 Å². The summed E-state index contributed by atoms with van der Waals surface area (Å²) in [5, 5.41) is 2.91. The molecule has 5 nitrogen and oxygen atoms in total. The first-order valence-corrected chi connectivity index (χ1v) is 8.24. The summed E-state index contributed by atoms with van der Waals surface area (Å²) in [6.45, 7) is 0.0740. The summed E-state index contributed by atoms with van der Waals surface area (Å²) in [4.78, 5) is 28.0. The third-order valence-electron chi connectivity index (χ3n) is 3.60. The van der Waals surface area contributed by atoms with E-state index in [2.05, 4.69) is 10.3 Å². The summed E-state index contributed by atoms with van der Waals surface area (Å²) < 4.78 is 5.23. The van der Waals surface area contributed by atoms with Gasteiger partial charge in [-0.15, -0.1) is 0 Å². The van der Waals surface area contributed by atoms with Gasteiger partial charge >= 0.3 is 5.97 Å². The minimum atomic E-state index is -0.547. The molecule has 1 heterocycles. The van der Waals surface area contributed by atoms with Gasteiger partial charge in [0, 0.05) is 17.4 Å². The molecule has 0 saturated heterocycles. The number of nitrogens with zero attached hydrogens (tertiary/aromatic N) is 1. The highest BCUT2D eigenvalue weighted by atomic mass is 35.5. The fraction of sp³-hybridized carbons (Fsp3) is 0.0500. The van der Waals surface area contributed by atoms with Gasteiger partial charge in [0.15, 0.2) is 0 Å². The summed E-state index contributed by atoms with van der Waals surface area (Å²) in [6, 6.07) is 19.2. The molecular formula is C20H15ClN2O3. The number of halogens is 1. The van der Waals surface area contributed by atoms with Crippen LogP contribution in [0.25, 0.3) is 0 Å². The van der Waals surface area contributed by atoms with Gasteiger partial charge < -0.3 is 10.1 Å². The lowest BCUT2D eigenvalue weighted by Crippen LogP contribution is -2.12. The number of anilines is 1. The molecule has 0 aliphatic heterocycles. The number of rotatable bonds is 5. The largest absolute Gasteiger partial charge is 0.457 e. The average molecular weight is 367 g/mol. The van der Waals surface area contributed by atoms with Crippen molar-refractivity contribution in [1.82, 2.24) is 4.98 Å². The van der Waals surface area contributed by atoms with E-state index in [1.807, 2.05) is 30.3 Å². The first-order valence-electron chi connectivity index (χ1n) is 7.86. The van der Waals surface area contributed by atoms with Crippen LogP contribution in [0, 0.1) is 0 Å². The molecule has 0 aliphatic carbocycles. The van der Waals surface area contributed by atoms with E-state index in [9.17, 15) is 9.59 Å². The van der Waals surface area contributed by atoms with Crippen molar-refractivity contribution < 1.29 is 14.3 Å². The van der Waals surface area contributed by atoms with Gasteiger partial charge in [-0.2, -0.15) is 0 Å². The predicted octanol–water partition coefficient (Wildman–Crippen LogP) is 4.34. The number of esters is 1. The number of hydrogen-bond donors (Lipinski definition) is 1. The second-order valence-electron chi connectivity index (χ2n) is 5.43. The van der Waals surface area contributed by atoms with Gasteiger partial charge in [0.25, 0.3) is 5.91 Å². The molecule has 26 heavy (non-hydrogen) atoms. The quantitative estimate of drug-likeness (QED) is 0.538. The summed E-state index contributed by atoms with van der Waals surface area (Å²) in [6.07, 6.45) is 1.50. The molecule has 1 amide bonds. The fourth-order valence-electron chi connectivity index (χ4n) is 2.24. The molecule has 1 aromatic heterocycles. The Balaban J connectivity index is 1.58. The fourth-order valence-corrected chi connectivity index (χ4v) is 2.44. The second-order valence-corrected chi connectivity index (χ2v) is 5.79. The van der Waals surface area contributed by atoms with Gasteiger partial charge in [0.1, 0.15) is 11.8 Å². The topological polar surface area (TPSA) is 68.3 Å². The van der Waals surface area contributed by atoms with E-state index in [-0.39, 0.29) is 23.2 Å². The number of benzene rings is 2. The van der Waals surface area contributed by atoms with Crippen molar-refractivity contribution in [2.24, 2.45) is 0 Å². The minimum absolute atomic E-state index is 0.0740. The molecule has 0 fully saturated rings. The summed E-state index contributed by atoms with van der Waals surface area (Å²) in [5.74, 6) is -0.754. The number of nitrogens with one attached hydrogen (secondary N) is 1. The Hall–Kier alpha value is -3.18. The molecule has 0 unspecified atom stereocenters. The Morgan fingerprint density at radius 1 is 0.962 bits per heavy atom. The number of ether oxygens (including phenoxy) is 1. The highest BCUT2D eigenvalue weighted by Crippen LogP contribution is 2.15. The third kappa shape index (κ3) is 4.46. The molecular weight excluding hydrogens is 352 g/mol. The lowest BCUT2D eigenvalue weighted by atomic mass is 10.1. The van der Waals surface area contributed by atoms with Gasteiger partial charge in [-0.1, -0.05) is 41.9 Å². The van der Waals surface area contributed by atoms with Crippen LogP contribution in [0.2, 0.25) is 5.15 Å². The highest BCUT2D eigenvalue weighted by molar-refractivity contribution is 6.32. The summed E-state index contributed by atoms with van der Waals surface area (Å²) in [5.41, 5.74) is 2.21. The van der Waals surface area contributed by atoms with Crippen molar-refractivity contribution in [3.05, 3.63) is 94.8 Å². The molecule has 0 aliphatic rings. The minimum Gasteiger partial charge on any atom is -0.457 e. The summed E-state index contributed by atoms with van der Waals surface area (Å²) in [7, 11) is 0. The first-order chi connectivity index (χ1) is 12.6. The predicted molar refractivity (Wildman–Crippen MR) is 99.2 cm³/mol. The van der Waals surface area contributed by atoms with Crippen molar-refractivity contribution >= 4 is 29.2 Å². The molecule has 2 aromatic carbocycles. The van der Waals surface area contributed by atoms with Crippen LogP contribution >= 0.6 is 11.6 Å². The van der Waals surface area contributed by atoms with Crippen molar-refractivity contribution in [3.63, 3.8) is 0 Å². The van der Waals surface area contributed by atoms with Crippen LogP contribution in [0.4, 0.5) is 5.69 Å².